The van der Waals surface area contributed by atoms with E-state index in [1.54, 1.807) is 35.8 Å². The van der Waals surface area contributed by atoms with Gasteiger partial charge in [-0.25, -0.2) is 0 Å². The number of fused-ring (bicyclic) bond motifs is 2. The molecule has 5 nitrogen and oxygen atoms in total. The zero-order valence-corrected chi connectivity index (χ0v) is 13.9. The molecule has 0 bridgehead atoms. The van der Waals surface area contributed by atoms with Crippen LogP contribution in [0.5, 0.6) is 0 Å². The normalized spacial score (nSPS) is 12.6. The molecule has 0 fully saturated rings. The van der Waals surface area contributed by atoms with Gasteiger partial charge in [0, 0.05) is 0 Å². The van der Waals surface area contributed by atoms with E-state index < -0.39 is 0 Å². The van der Waals surface area contributed by atoms with Crippen molar-refractivity contribution in [3.05, 3.63) is 86.6 Å². The smallest absolute Gasteiger partial charge is 0.269 e. The van der Waals surface area contributed by atoms with Gasteiger partial charge in [-0.2, -0.15) is 4.98 Å². The van der Waals surface area contributed by atoms with Crippen molar-refractivity contribution in [1.29, 1.82) is 0 Å². The van der Waals surface area contributed by atoms with Crippen LogP contribution in [0.2, 0.25) is 0 Å². The molecule has 0 spiro atoms. The Labute approximate surface area is 143 Å². The van der Waals surface area contributed by atoms with Gasteiger partial charge in [0.15, 0.2) is 5.39 Å². The SMILES string of the molecule is Cc1nc2oc3ccccc3c(=O)c2c(=O)n1C(C)c1ccccc1. The number of hydrogen-bond donors (Lipinski definition) is 0. The predicted octanol–water partition coefficient (Wildman–Crippen LogP) is 3.42. The Balaban J connectivity index is 2.07. The number of aromatic nitrogens is 2. The van der Waals surface area contributed by atoms with Crippen LogP contribution in [0, 0.1) is 6.92 Å². The number of benzene rings is 2. The van der Waals surface area contributed by atoms with E-state index in [4.69, 9.17) is 4.42 Å². The number of hydrogen-bond acceptors (Lipinski definition) is 4. The van der Waals surface area contributed by atoms with E-state index >= 15 is 0 Å². The van der Waals surface area contributed by atoms with Crippen molar-refractivity contribution in [1.82, 2.24) is 9.55 Å². The minimum absolute atomic E-state index is 0.00733. The molecule has 25 heavy (non-hydrogen) atoms. The first kappa shape index (κ1) is 15.3. The highest BCUT2D eigenvalue weighted by atomic mass is 16.3. The third-order valence-electron chi connectivity index (χ3n) is 4.49. The summed E-state index contributed by atoms with van der Waals surface area (Å²) in [5, 5.41) is 0.378. The molecular weight excluding hydrogens is 316 g/mol. The Kier molecular flexibility index (Phi) is 3.50. The van der Waals surface area contributed by atoms with Crippen molar-refractivity contribution in [3.8, 4) is 0 Å². The lowest BCUT2D eigenvalue weighted by molar-refractivity contribution is 0.571. The predicted molar refractivity (Wildman–Crippen MR) is 97.0 cm³/mol. The summed E-state index contributed by atoms with van der Waals surface area (Å²) in [7, 11) is 0. The van der Waals surface area contributed by atoms with Crippen molar-refractivity contribution in [3.63, 3.8) is 0 Å². The Morgan fingerprint density at radius 1 is 1.00 bits per heavy atom. The molecule has 0 amide bonds. The van der Waals surface area contributed by atoms with Gasteiger partial charge >= 0.3 is 0 Å². The molecule has 4 rings (SSSR count). The maximum Gasteiger partial charge on any atom is 0.269 e. The summed E-state index contributed by atoms with van der Waals surface area (Å²) in [6.45, 7) is 3.66. The van der Waals surface area contributed by atoms with Crippen LogP contribution >= 0.6 is 0 Å². The summed E-state index contributed by atoms with van der Waals surface area (Å²) in [6, 6.07) is 16.3. The average Bonchev–Trinajstić information content (AvgIpc) is 2.62. The Morgan fingerprint density at radius 3 is 2.44 bits per heavy atom. The van der Waals surface area contributed by atoms with Gasteiger partial charge in [-0.1, -0.05) is 42.5 Å². The van der Waals surface area contributed by atoms with Gasteiger partial charge in [0.1, 0.15) is 11.4 Å². The molecule has 4 aromatic rings. The van der Waals surface area contributed by atoms with Crippen LogP contribution in [0.25, 0.3) is 22.1 Å². The van der Waals surface area contributed by atoms with E-state index in [2.05, 4.69) is 4.98 Å². The van der Waals surface area contributed by atoms with Crippen LogP contribution < -0.4 is 11.0 Å². The van der Waals surface area contributed by atoms with E-state index in [9.17, 15) is 9.59 Å². The number of rotatable bonds is 2. The minimum atomic E-state index is -0.377. The molecule has 2 aromatic heterocycles. The molecular formula is C20H16N2O3. The van der Waals surface area contributed by atoms with Gasteiger partial charge in [-0.15, -0.1) is 0 Å². The second kappa shape index (κ2) is 5.70. The average molecular weight is 332 g/mol. The quantitative estimate of drug-likeness (QED) is 0.528. The van der Waals surface area contributed by atoms with Crippen LogP contribution in [0.1, 0.15) is 24.4 Å². The lowest BCUT2D eigenvalue weighted by Gasteiger charge is -2.18. The molecule has 0 aliphatic heterocycles. The molecule has 0 saturated heterocycles. The van der Waals surface area contributed by atoms with Gasteiger partial charge in [0.05, 0.1) is 11.4 Å². The first-order valence-corrected chi connectivity index (χ1v) is 8.07. The standard InChI is InChI=1S/C20H16N2O3/c1-12(14-8-4-3-5-9-14)22-13(2)21-19-17(20(22)24)18(23)15-10-6-7-11-16(15)25-19/h3-12H,1-2H3. The fourth-order valence-electron chi connectivity index (χ4n) is 3.20. The van der Waals surface area contributed by atoms with Crippen molar-refractivity contribution in [2.24, 2.45) is 0 Å². The zero-order valence-electron chi connectivity index (χ0n) is 13.9. The lowest BCUT2D eigenvalue weighted by atomic mass is 10.1. The fraction of sp³-hybridized carbons (Fsp3) is 0.150. The summed E-state index contributed by atoms with van der Waals surface area (Å²) in [4.78, 5) is 30.3. The summed E-state index contributed by atoms with van der Waals surface area (Å²) in [6.07, 6.45) is 0. The lowest BCUT2D eigenvalue weighted by Crippen LogP contribution is -2.30. The Morgan fingerprint density at radius 2 is 1.68 bits per heavy atom. The first-order chi connectivity index (χ1) is 12.1. The van der Waals surface area contributed by atoms with E-state index in [0.29, 0.717) is 16.8 Å². The molecule has 1 unspecified atom stereocenters. The molecule has 124 valence electrons. The van der Waals surface area contributed by atoms with Crippen LogP contribution in [-0.4, -0.2) is 9.55 Å². The second-order valence-electron chi connectivity index (χ2n) is 6.03. The monoisotopic (exact) mass is 332 g/mol. The highest BCUT2D eigenvalue weighted by Gasteiger charge is 2.19. The number of nitrogens with zero attached hydrogens (tertiary/aromatic N) is 2. The van der Waals surface area contributed by atoms with Crippen molar-refractivity contribution in [2.75, 3.05) is 0 Å². The van der Waals surface area contributed by atoms with Crippen molar-refractivity contribution in [2.45, 2.75) is 19.9 Å². The Hall–Kier alpha value is -3.21. The second-order valence-corrected chi connectivity index (χ2v) is 6.03. The van der Waals surface area contributed by atoms with Crippen LogP contribution in [0.4, 0.5) is 0 Å². The molecule has 2 heterocycles. The summed E-state index contributed by atoms with van der Waals surface area (Å²) in [5.41, 5.74) is 0.767. The molecule has 0 aliphatic rings. The fourth-order valence-corrected chi connectivity index (χ4v) is 3.20. The molecule has 0 N–H and O–H groups in total. The molecule has 2 aromatic carbocycles. The summed E-state index contributed by atoms with van der Waals surface area (Å²) in [5.74, 6) is 0.507. The van der Waals surface area contributed by atoms with Gasteiger partial charge in [0.25, 0.3) is 5.56 Å². The van der Waals surface area contributed by atoms with E-state index in [0.717, 1.165) is 5.56 Å². The van der Waals surface area contributed by atoms with Gasteiger partial charge in [-0.05, 0) is 31.5 Å². The first-order valence-electron chi connectivity index (χ1n) is 8.07. The molecule has 0 saturated carbocycles. The highest BCUT2D eigenvalue weighted by molar-refractivity contribution is 5.87. The molecule has 0 aliphatic carbocycles. The summed E-state index contributed by atoms with van der Waals surface area (Å²) < 4.78 is 7.25. The van der Waals surface area contributed by atoms with Crippen molar-refractivity contribution >= 4 is 22.1 Å². The third kappa shape index (κ3) is 2.36. The Bertz CT molecular complexity index is 1210. The van der Waals surface area contributed by atoms with Gasteiger partial charge < -0.3 is 4.42 Å². The van der Waals surface area contributed by atoms with Gasteiger partial charge in [0.2, 0.25) is 11.1 Å². The number of aryl methyl sites for hydroxylation is 1. The van der Waals surface area contributed by atoms with Gasteiger partial charge in [-0.3, -0.25) is 14.2 Å². The third-order valence-corrected chi connectivity index (χ3v) is 4.49. The summed E-state index contributed by atoms with van der Waals surface area (Å²) >= 11 is 0. The maximum atomic E-state index is 13.1. The van der Waals surface area contributed by atoms with E-state index in [1.165, 1.54) is 0 Å². The highest BCUT2D eigenvalue weighted by Crippen LogP contribution is 2.20. The van der Waals surface area contributed by atoms with E-state index in [1.807, 2.05) is 37.3 Å². The molecule has 5 heteroatoms. The van der Waals surface area contributed by atoms with Crippen molar-refractivity contribution < 1.29 is 4.42 Å². The molecule has 0 radical (unpaired) electrons. The largest absolute Gasteiger partial charge is 0.437 e. The van der Waals surface area contributed by atoms with Crippen LogP contribution in [-0.2, 0) is 0 Å². The zero-order chi connectivity index (χ0) is 17.6. The molecule has 1 atom stereocenters. The minimum Gasteiger partial charge on any atom is -0.437 e. The van der Waals surface area contributed by atoms with Crippen LogP contribution in [0.3, 0.4) is 0 Å². The number of para-hydroxylation sites is 1. The maximum absolute atomic E-state index is 13.1. The topological polar surface area (TPSA) is 65.1 Å². The van der Waals surface area contributed by atoms with Crippen LogP contribution in [0.15, 0.2) is 68.6 Å². The van der Waals surface area contributed by atoms with E-state index in [-0.39, 0.29) is 28.1 Å².